The van der Waals surface area contributed by atoms with Crippen molar-refractivity contribution in [2.75, 3.05) is 0 Å². The minimum Gasteiger partial charge on any atom is -1.00 e. The Labute approximate surface area is 374 Å². The number of halogens is 4. The predicted molar refractivity (Wildman–Crippen MR) is 235 cm³/mol. The van der Waals surface area contributed by atoms with Gasteiger partial charge in [0, 0.05) is 10.8 Å². The SMILES string of the molecule is CC1=CC(C)(C)c2cc3[cH-]c4cc5c(cc4c3cc21)C(C)=CC5(C)C.CCCCC1[C-]=CC(C(C)(C)C)=C1.Clc1ccc([C](=[Zr+2])c2ccc(Cl)cc2)cc1.[Cl-].[Cl-]. The van der Waals surface area contributed by atoms with Crippen molar-refractivity contribution in [1.82, 2.24) is 0 Å². The number of hydrogen-bond acceptors (Lipinski definition) is 0. The number of allylic oxidation sites excluding steroid dienone is 8. The minimum absolute atomic E-state index is 0. The number of unbranched alkanes of at least 4 members (excludes halogenated alkanes) is 1. The van der Waals surface area contributed by atoms with Crippen LogP contribution in [0.25, 0.3) is 32.7 Å². The fraction of sp³-hybridized carbons (Fsp3) is 0.333. The number of fused-ring (bicyclic) bond motifs is 5. The summed E-state index contributed by atoms with van der Waals surface area (Å²) >= 11 is 13.1. The van der Waals surface area contributed by atoms with Gasteiger partial charge in [-0.05, 0) is 36.1 Å². The van der Waals surface area contributed by atoms with Gasteiger partial charge in [0.1, 0.15) is 0 Å². The van der Waals surface area contributed by atoms with E-state index in [1.807, 2.05) is 48.5 Å². The summed E-state index contributed by atoms with van der Waals surface area (Å²) in [7, 11) is 0. The molecule has 0 amide bonds. The van der Waals surface area contributed by atoms with Gasteiger partial charge in [0.05, 0.1) is 0 Å². The van der Waals surface area contributed by atoms with Gasteiger partial charge in [-0.1, -0.05) is 121 Å². The Morgan fingerprint density at radius 1 is 0.732 bits per heavy atom. The largest absolute Gasteiger partial charge is 1.00 e. The van der Waals surface area contributed by atoms with Crippen LogP contribution < -0.4 is 24.8 Å². The Kier molecular flexibility index (Phi) is 15.1. The topological polar surface area (TPSA) is 0 Å². The van der Waals surface area contributed by atoms with E-state index in [4.69, 9.17) is 23.2 Å². The molecule has 5 heteroatoms. The molecule has 8 rings (SSSR count). The van der Waals surface area contributed by atoms with Crippen LogP contribution >= 0.6 is 23.2 Å². The molecule has 0 saturated heterocycles. The molecule has 0 bridgehead atoms. The number of benzene rings is 4. The first-order chi connectivity index (χ1) is 25.4. The van der Waals surface area contributed by atoms with Gasteiger partial charge < -0.3 is 24.8 Å². The van der Waals surface area contributed by atoms with Crippen molar-refractivity contribution in [2.24, 2.45) is 11.3 Å². The predicted octanol–water partition coefficient (Wildman–Crippen LogP) is 9.36. The zero-order chi connectivity index (χ0) is 39.2. The molecule has 292 valence electrons. The molecule has 0 N–H and O–H groups in total. The molecule has 3 aliphatic carbocycles. The maximum Gasteiger partial charge on any atom is -1.00 e. The van der Waals surface area contributed by atoms with E-state index >= 15 is 0 Å². The molecule has 1 atom stereocenters. The average molecular weight is 900 g/mol. The van der Waals surface area contributed by atoms with Crippen LogP contribution in [0, 0.1) is 17.4 Å². The third-order valence-electron chi connectivity index (χ3n) is 11.2. The first-order valence-corrected chi connectivity index (χ1v) is 21.4. The van der Waals surface area contributed by atoms with Crippen LogP contribution in [0.15, 0.2) is 109 Å². The smallest absolute Gasteiger partial charge is 1.00 e. The normalized spacial score (nSPS) is 17.0. The van der Waals surface area contributed by atoms with E-state index in [1.54, 1.807) is 0 Å². The third kappa shape index (κ3) is 10.1. The quantitative estimate of drug-likeness (QED) is 0.155. The van der Waals surface area contributed by atoms with Gasteiger partial charge in [-0.2, -0.15) is 11.6 Å². The van der Waals surface area contributed by atoms with E-state index in [2.05, 4.69) is 130 Å². The first kappa shape index (κ1) is 46.3. The van der Waals surface area contributed by atoms with Gasteiger partial charge in [0.15, 0.2) is 0 Å². The Hall–Kier alpha value is -2.38. The van der Waals surface area contributed by atoms with Gasteiger partial charge in [-0.3, -0.25) is 6.08 Å². The fourth-order valence-electron chi connectivity index (χ4n) is 8.18. The molecule has 0 saturated carbocycles. The monoisotopic (exact) mass is 896 g/mol. The molecule has 1 unspecified atom stereocenters. The zero-order valence-electron chi connectivity index (χ0n) is 34.5. The van der Waals surface area contributed by atoms with Gasteiger partial charge in [-0.25, -0.2) is 6.08 Å². The molecule has 0 heterocycles. The van der Waals surface area contributed by atoms with Crippen molar-refractivity contribution in [3.05, 3.63) is 158 Å². The summed E-state index contributed by atoms with van der Waals surface area (Å²) in [5.41, 5.74) is 13.1. The summed E-state index contributed by atoms with van der Waals surface area (Å²) in [6, 6.07) is 27.9. The zero-order valence-corrected chi connectivity index (χ0v) is 40.0. The number of hydrogen-bond donors (Lipinski definition) is 0. The van der Waals surface area contributed by atoms with E-state index in [0.29, 0.717) is 11.3 Å². The Morgan fingerprint density at radius 2 is 1.16 bits per heavy atom. The summed E-state index contributed by atoms with van der Waals surface area (Å²) < 4.78 is 1.31. The standard InChI is InChI=1S/C25H25.C13H8Cl2.C13H21.2ClH.Zr/c1-14-12-24(3,4)22-8-16-7-17-9-23-19(15(2)13-25(23,5)6)11-21(17)20(16)10-18(14)22;14-12-5-1-10(2-6-12)9-11-3-7-13(15)8-4-11;1-5-6-7-11-8-9-12(10-11)13(2,3)4;;;/h7-13H,1-6H3;1-8H;9-11H,5-7H2,1-4H3;2*1H;/q-1;;-1;;;+2/p-2. The van der Waals surface area contributed by atoms with Crippen LogP contribution in [0.1, 0.15) is 122 Å². The van der Waals surface area contributed by atoms with E-state index in [1.165, 1.54) is 118 Å². The van der Waals surface area contributed by atoms with Crippen LogP contribution in [0.4, 0.5) is 0 Å². The van der Waals surface area contributed by atoms with Gasteiger partial charge in [-0.15, -0.1) is 39.7 Å². The van der Waals surface area contributed by atoms with Crippen molar-refractivity contribution in [3.63, 3.8) is 0 Å². The second kappa shape index (κ2) is 18.3. The molecule has 0 nitrogen and oxygen atoms in total. The van der Waals surface area contributed by atoms with Crippen LogP contribution in [0.5, 0.6) is 0 Å². The molecule has 0 radical (unpaired) electrons. The van der Waals surface area contributed by atoms with Crippen molar-refractivity contribution in [2.45, 2.75) is 99.3 Å². The van der Waals surface area contributed by atoms with Gasteiger partial charge in [0.25, 0.3) is 0 Å². The molecule has 3 aliphatic rings. The summed E-state index contributed by atoms with van der Waals surface area (Å²) in [5, 5.41) is 7.10. The number of rotatable bonds is 5. The first-order valence-electron chi connectivity index (χ1n) is 19.4. The van der Waals surface area contributed by atoms with E-state index in [0.717, 1.165) is 10.0 Å². The molecule has 0 aliphatic heterocycles. The minimum atomic E-state index is 0. The van der Waals surface area contributed by atoms with Crippen molar-refractivity contribution in [1.29, 1.82) is 0 Å². The van der Waals surface area contributed by atoms with E-state index < -0.39 is 0 Å². The molecule has 5 aromatic carbocycles. The average Bonchev–Trinajstić information content (AvgIpc) is 3.84. The molecule has 56 heavy (non-hydrogen) atoms. The summed E-state index contributed by atoms with van der Waals surface area (Å²) in [6.45, 7) is 22.8. The molecule has 5 aromatic rings. The van der Waals surface area contributed by atoms with Crippen LogP contribution in [-0.4, -0.2) is 3.21 Å². The third-order valence-corrected chi connectivity index (χ3v) is 13.1. The fourth-order valence-corrected chi connectivity index (χ4v) is 9.26. The molecule has 0 aromatic heterocycles. The summed E-state index contributed by atoms with van der Waals surface area (Å²) in [5.74, 6) is 0.592. The van der Waals surface area contributed by atoms with Crippen molar-refractivity contribution < 1.29 is 49.0 Å². The second-order valence-corrected chi connectivity index (χ2v) is 19.6. The Bertz CT molecular complexity index is 2200. The van der Waals surface area contributed by atoms with Gasteiger partial charge >= 0.3 is 120 Å². The Morgan fingerprint density at radius 3 is 1.54 bits per heavy atom. The van der Waals surface area contributed by atoms with E-state index in [-0.39, 0.29) is 35.6 Å². The maximum atomic E-state index is 5.86. The summed E-state index contributed by atoms with van der Waals surface area (Å²) in [4.78, 5) is 0. The molecule has 0 spiro atoms. The maximum absolute atomic E-state index is 5.86. The molecule has 0 fully saturated rings. The van der Waals surface area contributed by atoms with E-state index in [9.17, 15) is 0 Å². The van der Waals surface area contributed by atoms with Crippen LogP contribution in [-0.2, 0) is 35.1 Å². The Balaban J connectivity index is 0.000000196. The molecular formula is C51H54Cl4Zr-2. The summed E-state index contributed by atoms with van der Waals surface area (Å²) in [6.07, 6.45) is 16.7. The van der Waals surface area contributed by atoms with Gasteiger partial charge in [0.2, 0.25) is 0 Å². The molecular weight excluding hydrogens is 846 g/mol. The van der Waals surface area contributed by atoms with Crippen LogP contribution in [0.3, 0.4) is 0 Å². The van der Waals surface area contributed by atoms with Crippen molar-refractivity contribution >= 4 is 59.1 Å². The van der Waals surface area contributed by atoms with Crippen molar-refractivity contribution in [3.8, 4) is 0 Å². The second-order valence-electron chi connectivity index (χ2n) is 17.5. The van der Waals surface area contributed by atoms with Crippen LogP contribution in [0.2, 0.25) is 10.0 Å².